The van der Waals surface area contributed by atoms with Crippen molar-refractivity contribution in [2.24, 2.45) is 5.41 Å². The summed E-state index contributed by atoms with van der Waals surface area (Å²) in [5, 5.41) is 32.5. The molecule has 0 saturated heterocycles. The van der Waals surface area contributed by atoms with E-state index < -0.39 is 4.92 Å². The van der Waals surface area contributed by atoms with Crippen molar-refractivity contribution in [1.29, 1.82) is 5.26 Å². The Morgan fingerprint density at radius 2 is 2.26 bits per heavy atom. The Bertz CT molecular complexity index is 563. The number of aliphatic hydroxyl groups is 1. The Morgan fingerprint density at radius 3 is 2.74 bits per heavy atom. The van der Waals surface area contributed by atoms with E-state index in [4.69, 9.17) is 5.26 Å². The number of aliphatic hydroxyl groups excluding tert-OH is 1. The van der Waals surface area contributed by atoms with Crippen LogP contribution in [0.3, 0.4) is 0 Å². The first-order chi connectivity index (χ1) is 8.86. The first-order valence-electron chi connectivity index (χ1n) is 5.99. The molecule has 6 nitrogen and oxygen atoms in total. The van der Waals surface area contributed by atoms with Crippen LogP contribution in [-0.2, 0) is 0 Å². The SMILES string of the molecule is CC1(C)C(O)CC1Nc1ccc(C#N)c([N+](=O)[O-])c1. The highest BCUT2D eigenvalue weighted by atomic mass is 16.6. The van der Waals surface area contributed by atoms with Crippen LogP contribution in [0.15, 0.2) is 18.2 Å². The van der Waals surface area contributed by atoms with Crippen molar-refractivity contribution in [2.75, 3.05) is 5.32 Å². The van der Waals surface area contributed by atoms with Crippen molar-refractivity contribution in [1.82, 2.24) is 0 Å². The van der Waals surface area contributed by atoms with Gasteiger partial charge >= 0.3 is 0 Å². The van der Waals surface area contributed by atoms with Crippen LogP contribution in [0, 0.1) is 26.9 Å². The highest BCUT2D eigenvalue weighted by Crippen LogP contribution is 2.42. The minimum absolute atomic E-state index is 0.0449. The van der Waals surface area contributed by atoms with Crippen LogP contribution in [0.2, 0.25) is 0 Å². The van der Waals surface area contributed by atoms with Crippen LogP contribution in [0.1, 0.15) is 25.8 Å². The van der Waals surface area contributed by atoms with Gasteiger partial charge in [0.2, 0.25) is 0 Å². The lowest BCUT2D eigenvalue weighted by Gasteiger charge is -2.49. The molecule has 1 aliphatic rings. The zero-order chi connectivity index (χ0) is 14.2. The maximum atomic E-state index is 10.9. The summed E-state index contributed by atoms with van der Waals surface area (Å²) in [5.74, 6) is 0. The minimum Gasteiger partial charge on any atom is -0.392 e. The van der Waals surface area contributed by atoms with E-state index >= 15 is 0 Å². The summed E-state index contributed by atoms with van der Waals surface area (Å²) in [6, 6.07) is 6.30. The van der Waals surface area contributed by atoms with E-state index in [0.29, 0.717) is 12.1 Å². The van der Waals surface area contributed by atoms with Crippen LogP contribution in [0.4, 0.5) is 11.4 Å². The summed E-state index contributed by atoms with van der Waals surface area (Å²) in [5.41, 5.74) is 0.173. The number of anilines is 1. The second kappa shape index (κ2) is 4.52. The molecule has 2 unspecified atom stereocenters. The lowest BCUT2D eigenvalue weighted by atomic mass is 9.64. The highest BCUT2D eigenvalue weighted by molar-refractivity contribution is 5.59. The van der Waals surface area contributed by atoms with Gasteiger partial charge in [-0.3, -0.25) is 10.1 Å². The van der Waals surface area contributed by atoms with Gasteiger partial charge < -0.3 is 10.4 Å². The van der Waals surface area contributed by atoms with Gasteiger partial charge in [-0.05, 0) is 18.6 Å². The molecule has 0 aromatic heterocycles. The average molecular weight is 261 g/mol. The van der Waals surface area contributed by atoms with Gasteiger partial charge in [0.25, 0.3) is 5.69 Å². The van der Waals surface area contributed by atoms with Crippen LogP contribution in [-0.4, -0.2) is 22.2 Å². The zero-order valence-corrected chi connectivity index (χ0v) is 10.8. The molecule has 0 aliphatic heterocycles. The summed E-state index contributed by atoms with van der Waals surface area (Å²) in [4.78, 5) is 10.3. The molecule has 2 N–H and O–H groups in total. The molecular formula is C13H15N3O3. The second-order valence-electron chi connectivity index (χ2n) is 5.37. The highest BCUT2D eigenvalue weighted by Gasteiger charge is 2.47. The summed E-state index contributed by atoms with van der Waals surface area (Å²) < 4.78 is 0. The number of nitrogens with zero attached hydrogens (tertiary/aromatic N) is 2. The number of rotatable bonds is 3. The summed E-state index contributed by atoms with van der Waals surface area (Å²) >= 11 is 0. The third-order valence-electron chi connectivity index (χ3n) is 3.87. The number of nitro benzene ring substituents is 1. The molecule has 0 spiro atoms. The Labute approximate surface area is 110 Å². The third-order valence-corrected chi connectivity index (χ3v) is 3.87. The molecule has 19 heavy (non-hydrogen) atoms. The second-order valence-corrected chi connectivity index (χ2v) is 5.37. The average Bonchev–Trinajstić information content (AvgIpc) is 2.38. The van der Waals surface area contributed by atoms with Gasteiger partial charge in [-0.25, -0.2) is 0 Å². The third kappa shape index (κ3) is 2.25. The van der Waals surface area contributed by atoms with Crippen LogP contribution >= 0.6 is 0 Å². The van der Waals surface area contributed by atoms with Gasteiger partial charge in [-0.2, -0.15) is 5.26 Å². The van der Waals surface area contributed by atoms with Crippen LogP contribution in [0.25, 0.3) is 0 Å². The molecule has 0 amide bonds. The molecule has 6 heteroatoms. The Morgan fingerprint density at radius 1 is 1.58 bits per heavy atom. The first-order valence-corrected chi connectivity index (χ1v) is 5.99. The molecule has 2 atom stereocenters. The van der Waals surface area contributed by atoms with E-state index in [2.05, 4.69) is 5.32 Å². The Hall–Kier alpha value is -2.13. The topological polar surface area (TPSA) is 99.2 Å². The minimum atomic E-state index is -0.565. The fourth-order valence-corrected chi connectivity index (χ4v) is 2.22. The largest absolute Gasteiger partial charge is 0.392 e. The molecule has 100 valence electrons. The molecule has 0 bridgehead atoms. The monoisotopic (exact) mass is 261 g/mol. The van der Waals surface area contributed by atoms with E-state index in [-0.39, 0.29) is 28.8 Å². The molecule has 1 fully saturated rings. The predicted molar refractivity (Wildman–Crippen MR) is 69.6 cm³/mol. The first kappa shape index (κ1) is 13.3. The van der Waals surface area contributed by atoms with Gasteiger partial charge in [-0.15, -0.1) is 0 Å². The fourth-order valence-electron chi connectivity index (χ4n) is 2.22. The summed E-state index contributed by atoms with van der Waals surface area (Å²) in [6.45, 7) is 3.88. The molecule has 1 aromatic rings. The Kier molecular flexibility index (Phi) is 3.16. The van der Waals surface area contributed by atoms with E-state index in [1.807, 2.05) is 13.8 Å². The van der Waals surface area contributed by atoms with Gasteiger partial charge in [-0.1, -0.05) is 13.8 Å². The van der Waals surface area contributed by atoms with Crippen molar-refractivity contribution >= 4 is 11.4 Å². The molecule has 1 aromatic carbocycles. The lowest BCUT2D eigenvalue weighted by molar-refractivity contribution is -0.385. The van der Waals surface area contributed by atoms with E-state index in [9.17, 15) is 15.2 Å². The number of nitro groups is 1. The van der Waals surface area contributed by atoms with E-state index in [1.165, 1.54) is 12.1 Å². The molecule has 1 aliphatic carbocycles. The zero-order valence-electron chi connectivity index (χ0n) is 10.8. The normalized spacial score (nSPS) is 24.1. The van der Waals surface area contributed by atoms with E-state index in [1.54, 1.807) is 12.1 Å². The van der Waals surface area contributed by atoms with E-state index in [0.717, 1.165) is 0 Å². The van der Waals surface area contributed by atoms with Crippen LogP contribution < -0.4 is 5.32 Å². The standard InChI is InChI=1S/C13H15N3O3/c1-13(2)11(6-12(13)17)15-9-4-3-8(7-14)10(5-9)16(18)19/h3-5,11-12,15,17H,6H2,1-2H3. The molecule has 1 saturated carbocycles. The number of hydrogen-bond donors (Lipinski definition) is 2. The predicted octanol–water partition coefficient (Wildman–Crippen LogP) is 2.04. The lowest BCUT2D eigenvalue weighted by Crippen LogP contribution is -2.56. The van der Waals surface area contributed by atoms with Crippen molar-refractivity contribution in [2.45, 2.75) is 32.4 Å². The number of benzene rings is 1. The summed E-state index contributed by atoms with van der Waals surface area (Å²) in [7, 11) is 0. The quantitative estimate of drug-likeness (QED) is 0.640. The summed E-state index contributed by atoms with van der Waals surface area (Å²) in [6.07, 6.45) is 0.249. The maximum absolute atomic E-state index is 10.9. The number of nitrogens with one attached hydrogen (secondary N) is 1. The van der Waals surface area contributed by atoms with Crippen molar-refractivity contribution in [3.63, 3.8) is 0 Å². The van der Waals surface area contributed by atoms with Gasteiger partial charge in [0.15, 0.2) is 0 Å². The number of nitriles is 1. The van der Waals surface area contributed by atoms with Gasteiger partial charge in [0.05, 0.1) is 11.0 Å². The van der Waals surface area contributed by atoms with Crippen molar-refractivity contribution in [3.05, 3.63) is 33.9 Å². The molecular weight excluding hydrogens is 246 g/mol. The van der Waals surface area contributed by atoms with Gasteiger partial charge in [0, 0.05) is 23.2 Å². The van der Waals surface area contributed by atoms with Crippen LogP contribution in [0.5, 0.6) is 0 Å². The Balaban J connectivity index is 2.22. The molecule has 2 rings (SSSR count). The van der Waals surface area contributed by atoms with Gasteiger partial charge in [0.1, 0.15) is 11.6 Å². The number of hydrogen-bond acceptors (Lipinski definition) is 5. The maximum Gasteiger partial charge on any atom is 0.289 e. The molecule has 0 heterocycles. The van der Waals surface area contributed by atoms with Crippen molar-refractivity contribution < 1.29 is 10.0 Å². The van der Waals surface area contributed by atoms with Crippen molar-refractivity contribution in [3.8, 4) is 6.07 Å². The fraction of sp³-hybridized carbons (Fsp3) is 0.462. The molecule has 0 radical (unpaired) electrons. The smallest absolute Gasteiger partial charge is 0.289 e.